The summed E-state index contributed by atoms with van der Waals surface area (Å²) in [6.07, 6.45) is 9.25. The topological polar surface area (TPSA) is 20.3 Å². The van der Waals surface area contributed by atoms with Gasteiger partial charge in [0.15, 0.2) is 0 Å². The summed E-state index contributed by atoms with van der Waals surface area (Å²) in [5.74, 6) is 0.314. The van der Waals surface area contributed by atoms with Crippen LogP contribution in [0.5, 0.6) is 0 Å². The number of hydrogen-bond acceptors (Lipinski definition) is 1. The van der Waals surface area contributed by atoms with E-state index in [9.17, 15) is 4.79 Å². The molecule has 2 heteroatoms. The molecule has 2 nitrogen and oxygen atoms in total. The Morgan fingerprint density at radius 3 is 1.76 bits per heavy atom. The SMILES string of the molecule is CN(CCC(C)(C)C)C(=O)CCCCCCCC(C)(C)C. The molecule has 0 N–H and O–H groups in total. The second-order valence-corrected chi connectivity index (χ2v) is 8.95. The molecule has 0 aromatic heterocycles. The molecule has 0 aromatic carbocycles. The standard InChI is InChI=1S/C19H39NO/c1-18(2,3)14-12-10-8-9-11-13-17(21)20(7)16-15-19(4,5)6/h8-16H2,1-7H3. The van der Waals surface area contributed by atoms with Crippen LogP contribution in [0.1, 0.15) is 92.9 Å². The van der Waals surface area contributed by atoms with E-state index < -0.39 is 0 Å². The van der Waals surface area contributed by atoms with Gasteiger partial charge in [-0.05, 0) is 30.1 Å². The van der Waals surface area contributed by atoms with Gasteiger partial charge >= 0.3 is 0 Å². The van der Waals surface area contributed by atoms with E-state index in [1.54, 1.807) is 0 Å². The fraction of sp³-hybridized carbons (Fsp3) is 0.947. The van der Waals surface area contributed by atoms with Crippen LogP contribution in [0.15, 0.2) is 0 Å². The Hall–Kier alpha value is -0.530. The number of hydrogen-bond donors (Lipinski definition) is 0. The summed E-state index contributed by atoms with van der Waals surface area (Å²) in [4.78, 5) is 13.9. The molecule has 0 atom stereocenters. The molecular formula is C19H39NO. The zero-order valence-corrected chi connectivity index (χ0v) is 15.7. The van der Waals surface area contributed by atoms with Crippen molar-refractivity contribution in [3.63, 3.8) is 0 Å². The summed E-state index contributed by atoms with van der Waals surface area (Å²) in [5, 5.41) is 0. The number of unbranched alkanes of at least 4 members (excludes halogenated alkanes) is 4. The molecule has 0 aromatic rings. The highest BCUT2D eigenvalue weighted by molar-refractivity contribution is 5.75. The Morgan fingerprint density at radius 2 is 1.24 bits per heavy atom. The van der Waals surface area contributed by atoms with Crippen molar-refractivity contribution >= 4 is 5.91 Å². The molecule has 0 spiro atoms. The third kappa shape index (κ3) is 14.2. The van der Waals surface area contributed by atoms with Gasteiger partial charge in [-0.3, -0.25) is 4.79 Å². The lowest BCUT2D eigenvalue weighted by Gasteiger charge is -2.23. The molecule has 0 aliphatic carbocycles. The lowest BCUT2D eigenvalue weighted by Crippen LogP contribution is -2.29. The zero-order valence-electron chi connectivity index (χ0n) is 15.7. The van der Waals surface area contributed by atoms with Crippen LogP contribution in [0.3, 0.4) is 0 Å². The van der Waals surface area contributed by atoms with Crippen LogP contribution in [0.25, 0.3) is 0 Å². The lowest BCUT2D eigenvalue weighted by atomic mass is 9.89. The van der Waals surface area contributed by atoms with E-state index in [0.717, 1.165) is 25.8 Å². The van der Waals surface area contributed by atoms with Crippen LogP contribution < -0.4 is 0 Å². The number of carbonyl (C=O) groups excluding carboxylic acids is 1. The van der Waals surface area contributed by atoms with Crippen molar-refractivity contribution < 1.29 is 4.79 Å². The molecule has 0 unspecified atom stereocenters. The molecule has 0 rings (SSSR count). The molecule has 0 aliphatic rings. The van der Waals surface area contributed by atoms with Crippen molar-refractivity contribution in [1.82, 2.24) is 4.90 Å². The van der Waals surface area contributed by atoms with Crippen molar-refractivity contribution in [1.29, 1.82) is 0 Å². The zero-order chi connectivity index (χ0) is 16.5. The van der Waals surface area contributed by atoms with E-state index in [0.29, 0.717) is 16.7 Å². The molecule has 0 fully saturated rings. The molecule has 0 saturated heterocycles. The number of rotatable bonds is 9. The average molecular weight is 298 g/mol. The smallest absolute Gasteiger partial charge is 0.222 e. The molecule has 1 amide bonds. The van der Waals surface area contributed by atoms with Crippen molar-refractivity contribution in [3.8, 4) is 0 Å². The van der Waals surface area contributed by atoms with Crippen LogP contribution >= 0.6 is 0 Å². The van der Waals surface area contributed by atoms with Gasteiger partial charge in [0.25, 0.3) is 0 Å². The minimum atomic E-state index is 0.307. The fourth-order valence-corrected chi connectivity index (χ4v) is 2.28. The van der Waals surface area contributed by atoms with Crippen molar-refractivity contribution in [2.24, 2.45) is 10.8 Å². The van der Waals surface area contributed by atoms with Crippen molar-refractivity contribution in [3.05, 3.63) is 0 Å². The van der Waals surface area contributed by atoms with Crippen LogP contribution in [0.4, 0.5) is 0 Å². The highest BCUT2D eigenvalue weighted by atomic mass is 16.2. The normalized spacial score (nSPS) is 12.5. The maximum atomic E-state index is 12.0. The van der Waals surface area contributed by atoms with Crippen molar-refractivity contribution in [2.45, 2.75) is 92.9 Å². The van der Waals surface area contributed by atoms with E-state index in [1.165, 1.54) is 32.1 Å². The summed E-state index contributed by atoms with van der Waals surface area (Å²) < 4.78 is 0. The Kier molecular flexibility index (Phi) is 9.24. The lowest BCUT2D eigenvalue weighted by molar-refractivity contribution is -0.130. The van der Waals surface area contributed by atoms with Gasteiger partial charge in [0.2, 0.25) is 5.91 Å². The van der Waals surface area contributed by atoms with Gasteiger partial charge in [0.1, 0.15) is 0 Å². The first-order valence-corrected chi connectivity index (χ1v) is 8.75. The van der Waals surface area contributed by atoms with Crippen LogP contribution in [-0.4, -0.2) is 24.4 Å². The predicted octanol–water partition coefficient (Wildman–Crippen LogP) is 5.66. The van der Waals surface area contributed by atoms with Gasteiger partial charge < -0.3 is 4.90 Å². The minimum absolute atomic E-state index is 0.307. The molecule has 0 bridgehead atoms. The number of carbonyl (C=O) groups is 1. The maximum Gasteiger partial charge on any atom is 0.222 e. The Morgan fingerprint density at radius 1 is 0.762 bits per heavy atom. The fourth-order valence-electron chi connectivity index (χ4n) is 2.28. The first-order chi connectivity index (χ1) is 9.51. The first kappa shape index (κ1) is 20.5. The molecular weight excluding hydrogens is 258 g/mol. The van der Waals surface area contributed by atoms with Gasteiger partial charge in [-0.25, -0.2) is 0 Å². The Balaban J connectivity index is 3.57. The number of amides is 1. The minimum Gasteiger partial charge on any atom is -0.346 e. The largest absolute Gasteiger partial charge is 0.346 e. The van der Waals surface area contributed by atoms with Gasteiger partial charge in [0.05, 0.1) is 0 Å². The highest BCUT2D eigenvalue weighted by Gasteiger charge is 2.14. The van der Waals surface area contributed by atoms with Gasteiger partial charge in [-0.1, -0.05) is 67.2 Å². The first-order valence-electron chi connectivity index (χ1n) is 8.75. The molecule has 21 heavy (non-hydrogen) atoms. The van der Waals surface area contributed by atoms with Crippen LogP contribution in [0, 0.1) is 10.8 Å². The molecule has 0 radical (unpaired) electrons. The van der Waals surface area contributed by atoms with Gasteiger partial charge in [-0.15, -0.1) is 0 Å². The van der Waals surface area contributed by atoms with Crippen LogP contribution in [-0.2, 0) is 4.79 Å². The third-order valence-corrected chi connectivity index (χ3v) is 3.94. The quantitative estimate of drug-likeness (QED) is 0.503. The molecule has 0 saturated carbocycles. The highest BCUT2D eigenvalue weighted by Crippen LogP contribution is 2.22. The summed E-state index contributed by atoms with van der Waals surface area (Å²) in [7, 11) is 1.94. The predicted molar refractivity (Wildman–Crippen MR) is 93.5 cm³/mol. The maximum absolute atomic E-state index is 12.0. The molecule has 0 heterocycles. The third-order valence-electron chi connectivity index (χ3n) is 3.94. The Bertz CT molecular complexity index is 283. The van der Waals surface area contributed by atoms with E-state index in [4.69, 9.17) is 0 Å². The van der Waals surface area contributed by atoms with Crippen LogP contribution in [0.2, 0.25) is 0 Å². The second-order valence-electron chi connectivity index (χ2n) is 8.95. The summed E-state index contributed by atoms with van der Waals surface area (Å²) >= 11 is 0. The van der Waals surface area contributed by atoms with E-state index in [1.807, 2.05) is 11.9 Å². The van der Waals surface area contributed by atoms with E-state index in [2.05, 4.69) is 41.5 Å². The van der Waals surface area contributed by atoms with Gasteiger partial charge in [-0.2, -0.15) is 0 Å². The monoisotopic (exact) mass is 297 g/mol. The average Bonchev–Trinajstić information content (AvgIpc) is 2.32. The molecule has 126 valence electrons. The molecule has 0 aliphatic heterocycles. The summed E-state index contributed by atoms with van der Waals surface area (Å²) in [5.41, 5.74) is 0.771. The number of nitrogens with zero attached hydrogens (tertiary/aromatic N) is 1. The Labute approximate surface area is 133 Å². The second kappa shape index (κ2) is 9.48. The summed E-state index contributed by atoms with van der Waals surface area (Å²) in [6, 6.07) is 0. The van der Waals surface area contributed by atoms with E-state index >= 15 is 0 Å². The van der Waals surface area contributed by atoms with Crippen molar-refractivity contribution in [2.75, 3.05) is 13.6 Å². The van der Waals surface area contributed by atoms with E-state index in [-0.39, 0.29) is 0 Å². The summed E-state index contributed by atoms with van der Waals surface area (Å²) in [6.45, 7) is 14.5. The van der Waals surface area contributed by atoms with Gasteiger partial charge in [0, 0.05) is 20.0 Å².